The van der Waals surface area contributed by atoms with Crippen LogP contribution in [0.25, 0.3) is 0 Å². The average molecular weight is 605 g/mol. The Morgan fingerprint density at radius 2 is 2.00 bits per heavy atom. The molecule has 0 spiro atoms. The maximum Gasteiger partial charge on any atom is 0.255 e. The smallest absolute Gasteiger partial charge is 0.255 e. The zero-order valence-corrected chi connectivity index (χ0v) is 23.6. The van der Waals surface area contributed by atoms with Crippen molar-refractivity contribution in [1.29, 1.82) is 0 Å². The number of benzene rings is 1. The molecule has 3 amide bonds. The first kappa shape index (κ1) is 30.2. The normalized spacial score (nSPS) is 26.8. The van der Waals surface area contributed by atoms with Crippen molar-refractivity contribution < 1.29 is 36.0 Å². The van der Waals surface area contributed by atoms with Crippen LogP contribution in [0.1, 0.15) is 37.7 Å². The van der Waals surface area contributed by atoms with Crippen LogP contribution in [0.3, 0.4) is 0 Å². The highest BCUT2D eigenvalue weighted by Gasteiger charge is 2.60. The Labute approximate surface area is 235 Å². The number of amides is 3. The lowest BCUT2D eigenvalue weighted by atomic mass is 9.71. The minimum Gasteiger partial charge on any atom is -0.376 e. The molecule has 3 heterocycles. The second-order valence-corrected chi connectivity index (χ2v) is 13.0. The number of anilines is 1. The summed E-state index contributed by atoms with van der Waals surface area (Å²) in [5.74, 6) is -7.20. The molecule has 1 aromatic rings. The van der Waals surface area contributed by atoms with E-state index >= 15 is 8.78 Å². The number of hydrogen-bond acceptors (Lipinski definition) is 6. The standard InChI is InChI=1S/C26H32ClF3N4O5S/c1-14-19(27)4-3-5-20(14)32-13-22(35)34-17-6-7-18(26(29,30)12-17)23(34)25(37)33-16(11-21(28)40(2,38)39)10-15-8-9-31-24(15)36/h3-5,11,15-18,23,32H,6-10,12-13H2,1-2H3,(H,31,36)(H,33,37)/b21-11-/t15-,16+,17+,18+,23+/m0/s1. The van der Waals surface area contributed by atoms with Gasteiger partial charge < -0.3 is 20.9 Å². The molecule has 3 aliphatic heterocycles. The van der Waals surface area contributed by atoms with E-state index in [9.17, 15) is 27.2 Å². The summed E-state index contributed by atoms with van der Waals surface area (Å²) in [6.45, 7) is 1.83. The molecule has 220 valence electrons. The molecule has 0 radical (unpaired) electrons. The van der Waals surface area contributed by atoms with Gasteiger partial charge in [0.05, 0.1) is 18.5 Å². The largest absolute Gasteiger partial charge is 0.376 e. The van der Waals surface area contributed by atoms with Crippen LogP contribution in [0.4, 0.5) is 18.9 Å². The number of piperidine rings is 2. The van der Waals surface area contributed by atoms with Gasteiger partial charge in [0.2, 0.25) is 32.7 Å². The van der Waals surface area contributed by atoms with Crippen molar-refractivity contribution in [2.24, 2.45) is 11.8 Å². The zero-order chi connectivity index (χ0) is 29.4. The third kappa shape index (κ3) is 6.40. The summed E-state index contributed by atoms with van der Waals surface area (Å²) in [4.78, 5) is 40.3. The van der Waals surface area contributed by atoms with Gasteiger partial charge in [-0.25, -0.2) is 17.2 Å². The third-order valence-corrected chi connectivity index (χ3v) is 9.16. The predicted octanol–water partition coefficient (Wildman–Crippen LogP) is 2.94. The number of nitrogens with zero attached hydrogens (tertiary/aromatic N) is 1. The number of nitrogens with one attached hydrogen (secondary N) is 3. The van der Waals surface area contributed by atoms with E-state index in [0.717, 1.165) is 0 Å². The molecular weight excluding hydrogens is 573 g/mol. The number of carbonyl (C=O) groups excluding carboxylic acids is 3. The Hall–Kier alpha value is -2.80. The topological polar surface area (TPSA) is 125 Å². The summed E-state index contributed by atoms with van der Waals surface area (Å²) >= 11 is 6.14. The number of sulfone groups is 1. The van der Waals surface area contributed by atoms with Gasteiger partial charge in [-0.1, -0.05) is 17.7 Å². The van der Waals surface area contributed by atoms with Gasteiger partial charge in [-0.05, 0) is 56.4 Å². The maximum atomic E-state index is 15.0. The number of fused-ring (bicyclic) bond motifs is 3. The van der Waals surface area contributed by atoms with Crippen LogP contribution in [-0.2, 0) is 24.2 Å². The van der Waals surface area contributed by atoms with Crippen LogP contribution in [0.15, 0.2) is 29.4 Å². The highest BCUT2D eigenvalue weighted by atomic mass is 35.5. The van der Waals surface area contributed by atoms with Crippen molar-refractivity contribution in [3.05, 3.63) is 40.0 Å². The van der Waals surface area contributed by atoms with E-state index in [1.807, 2.05) is 0 Å². The predicted molar refractivity (Wildman–Crippen MR) is 143 cm³/mol. The molecule has 40 heavy (non-hydrogen) atoms. The van der Waals surface area contributed by atoms with E-state index in [1.165, 1.54) is 4.90 Å². The Bertz CT molecular complexity index is 1330. The number of hydrogen-bond donors (Lipinski definition) is 3. The molecule has 5 atom stereocenters. The molecule has 2 bridgehead atoms. The molecule has 5 rings (SSSR count). The monoisotopic (exact) mass is 604 g/mol. The maximum absolute atomic E-state index is 15.0. The fourth-order valence-corrected chi connectivity index (χ4v) is 6.41. The van der Waals surface area contributed by atoms with Gasteiger partial charge in [-0.15, -0.1) is 0 Å². The van der Waals surface area contributed by atoms with Crippen LogP contribution in [0.2, 0.25) is 5.02 Å². The number of carbonyl (C=O) groups is 3. The zero-order valence-electron chi connectivity index (χ0n) is 22.1. The first-order valence-corrected chi connectivity index (χ1v) is 15.3. The molecule has 9 nitrogen and oxygen atoms in total. The Balaban J connectivity index is 1.59. The SMILES string of the molecule is Cc1c(Cl)cccc1NCC(=O)N1[C@@H]2CC[C@H]([C@@H]1C(=O)N[C@@H](/C=C(/F)S(C)(=O)=O)C[C@@H]1CCNC1=O)C(F)(F)C2. The van der Waals surface area contributed by atoms with Gasteiger partial charge in [0.15, 0.2) is 0 Å². The molecule has 1 saturated carbocycles. The molecule has 4 aliphatic rings. The van der Waals surface area contributed by atoms with E-state index < -0.39 is 69.1 Å². The fourth-order valence-electron chi connectivity index (χ4n) is 5.82. The molecule has 0 aromatic heterocycles. The van der Waals surface area contributed by atoms with Gasteiger partial charge in [-0.3, -0.25) is 14.4 Å². The third-order valence-electron chi connectivity index (χ3n) is 7.91. The molecule has 1 aliphatic carbocycles. The van der Waals surface area contributed by atoms with Gasteiger partial charge in [0.1, 0.15) is 6.04 Å². The fraction of sp³-hybridized carbons (Fsp3) is 0.577. The van der Waals surface area contributed by atoms with Crippen LogP contribution < -0.4 is 16.0 Å². The van der Waals surface area contributed by atoms with Crippen LogP contribution in [-0.4, -0.2) is 74.4 Å². The quantitative estimate of drug-likeness (QED) is 0.398. The lowest BCUT2D eigenvalue weighted by Crippen LogP contribution is -2.69. The van der Waals surface area contributed by atoms with E-state index in [0.29, 0.717) is 48.0 Å². The summed E-state index contributed by atoms with van der Waals surface area (Å²) in [6.07, 6.45) is 1.27. The van der Waals surface area contributed by atoms with Crippen LogP contribution >= 0.6 is 11.6 Å². The minimum atomic E-state index is -4.26. The molecule has 14 heteroatoms. The van der Waals surface area contributed by atoms with Crippen LogP contribution in [0, 0.1) is 18.8 Å². The van der Waals surface area contributed by atoms with E-state index in [4.69, 9.17) is 11.6 Å². The van der Waals surface area contributed by atoms with Gasteiger partial charge in [0, 0.05) is 41.9 Å². The number of halogens is 4. The summed E-state index contributed by atoms with van der Waals surface area (Å²) in [7, 11) is -4.26. The Morgan fingerprint density at radius 1 is 1.27 bits per heavy atom. The minimum absolute atomic E-state index is 0.00357. The Morgan fingerprint density at radius 3 is 2.62 bits per heavy atom. The Kier molecular flexibility index (Phi) is 8.74. The van der Waals surface area contributed by atoms with Crippen molar-refractivity contribution >= 4 is 44.8 Å². The second-order valence-electron chi connectivity index (χ2n) is 10.7. The summed E-state index contributed by atoms with van der Waals surface area (Å²) < 4.78 is 67.9. The van der Waals surface area contributed by atoms with Gasteiger partial charge in [0.25, 0.3) is 5.92 Å². The van der Waals surface area contributed by atoms with Crippen molar-refractivity contribution in [2.45, 2.75) is 63.1 Å². The van der Waals surface area contributed by atoms with Crippen molar-refractivity contribution in [2.75, 3.05) is 24.7 Å². The molecule has 1 aromatic carbocycles. The van der Waals surface area contributed by atoms with E-state index in [2.05, 4.69) is 16.0 Å². The van der Waals surface area contributed by atoms with Gasteiger partial charge in [-0.2, -0.15) is 4.39 Å². The lowest BCUT2D eigenvalue weighted by molar-refractivity contribution is -0.193. The summed E-state index contributed by atoms with van der Waals surface area (Å²) in [6, 6.07) is 1.34. The van der Waals surface area contributed by atoms with E-state index in [1.54, 1.807) is 25.1 Å². The first-order chi connectivity index (χ1) is 18.7. The second kappa shape index (κ2) is 11.6. The summed E-state index contributed by atoms with van der Waals surface area (Å²) in [5, 5.41) is 7.01. The number of rotatable bonds is 9. The lowest BCUT2D eigenvalue weighted by Gasteiger charge is -2.53. The molecular formula is C26H32ClF3N4O5S. The van der Waals surface area contributed by atoms with Gasteiger partial charge >= 0.3 is 0 Å². The average Bonchev–Trinajstić information content (AvgIpc) is 3.27. The van der Waals surface area contributed by atoms with E-state index in [-0.39, 0.29) is 25.3 Å². The van der Waals surface area contributed by atoms with Crippen LogP contribution in [0.5, 0.6) is 0 Å². The van der Waals surface area contributed by atoms with Crippen molar-refractivity contribution in [1.82, 2.24) is 15.5 Å². The van der Waals surface area contributed by atoms with Crippen molar-refractivity contribution in [3.63, 3.8) is 0 Å². The molecule has 0 unspecified atom stereocenters. The highest BCUT2D eigenvalue weighted by molar-refractivity contribution is 7.94. The molecule has 3 N–H and O–H groups in total. The van der Waals surface area contributed by atoms with Crippen molar-refractivity contribution in [3.8, 4) is 0 Å². The molecule has 4 fully saturated rings. The summed E-state index contributed by atoms with van der Waals surface area (Å²) in [5.41, 5.74) is 1.27. The number of alkyl halides is 2. The highest BCUT2D eigenvalue weighted by Crippen LogP contribution is 2.49. The first-order valence-electron chi connectivity index (χ1n) is 13.0. The molecule has 3 saturated heterocycles.